The Kier molecular flexibility index (Phi) is 2.43. The lowest BCUT2D eigenvalue weighted by Gasteiger charge is -2.07. The first-order chi connectivity index (χ1) is 10.9. The molecule has 5 aromatic rings. The second-order valence-corrected chi connectivity index (χ2v) is 6.46. The van der Waals surface area contributed by atoms with E-state index in [2.05, 4.69) is 82.7 Å². The molecule has 0 atom stereocenters. The highest BCUT2D eigenvalue weighted by Crippen LogP contribution is 2.35. The number of benzene rings is 3. The summed E-state index contributed by atoms with van der Waals surface area (Å²) < 4.78 is 3.71. The number of hydrogen-bond acceptors (Lipinski definition) is 1. The molecule has 0 amide bonds. The summed E-state index contributed by atoms with van der Waals surface area (Å²) in [7, 11) is 0. The standard InChI is InChI=1S/C20H13NS/c1-2-6-15(7-3-1)21-18-9-5-4-8-16(18)17-12-14-10-11-22-20(14)13-19(17)21/h1-13H. The quantitative estimate of drug-likeness (QED) is 0.358. The Morgan fingerprint density at radius 3 is 2.41 bits per heavy atom. The van der Waals surface area contributed by atoms with E-state index >= 15 is 0 Å². The van der Waals surface area contributed by atoms with E-state index in [1.165, 1.54) is 37.6 Å². The van der Waals surface area contributed by atoms with Gasteiger partial charge in [-0.15, -0.1) is 11.3 Å². The predicted octanol–water partition coefficient (Wildman–Crippen LogP) is 6.00. The van der Waals surface area contributed by atoms with E-state index in [-0.39, 0.29) is 0 Å². The number of rotatable bonds is 1. The van der Waals surface area contributed by atoms with Gasteiger partial charge in [-0.05, 0) is 47.2 Å². The minimum atomic E-state index is 1.21. The van der Waals surface area contributed by atoms with Crippen LogP contribution in [0.15, 0.2) is 78.2 Å². The summed E-state index contributed by atoms with van der Waals surface area (Å²) in [6, 6.07) is 26.1. The van der Waals surface area contributed by atoms with Gasteiger partial charge in [0.25, 0.3) is 0 Å². The minimum absolute atomic E-state index is 1.21. The lowest BCUT2D eigenvalue weighted by molar-refractivity contribution is 1.18. The summed E-state index contributed by atoms with van der Waals surface area (Å²) in [4.78, 5) is 0. The van der Waals surface area contributed by atoms with Crippen LogP contribution < -0.4 is 0 Å². The molecule has 0 spiro atoms. The molecule has 0 bridgehead atoms. The summed E-state index contributed by atoms with van der Waals surface area (Å²) in [5.74, 6) is 0. The van der Waals surface area contributed by atoms with Crippen LogP contribution in [0.4, 0.5) is 0 Å². The summed E-state index contributed by atoms with van der Waals surface area (Å²) in [6.07, 6.45) is 0. The molecular weight excluding hydrogens is 286 g/mol. The highest BCUT2D eigenvalue weighted by molar-refractivity contribution is 7.17. The number of para-hydroxylation sites is 2. The normalized spacial score (nSPS) is 11.6. The molecule has 2 heteroatoms. The molecule has 0 aliphatic heterocycles. The number of nitrogens with zero attached hydrogens (tertiary/aromatic N) is 1. The van der Waals surface area contributed by atoms with Gasteiger partial charge in [0, 0.05) is 21.2 Å². The van der Waals surface area contributed by atoms with E-state index in [9.17, 15) is 0 Å². The molecule has 5 rings (SSSR count). The van der Waals surface area contributed by atoms with Crippen molar-refractivity contribution >= 4 is 43.2 Å². The maximum Gasteiger partial charge on any atom is 0.0555 e. The molecule has 0 radical (unpaired) electrons. The van der Waals surface area contributed by atoms with E-state index in [0.717, 1.165) is 0 Å². The van der Waals surface area contributed by atoms with Crippen molar-refractivity contribution in [3.63, 3.8) is 0 Å². The van der Waals surface area contributed by atoms with E-state index in [1.807, 2.05) is 0 Å². The molecule has 22 heavy (non-hydrogen) atoms. The summed E-state index contributed by atoms with van der Waals surface area (Å²) in [5.41, 5.74) is 3.76. The van der Waals surface area contributed by atoms with E-state index in [0.29, 0.717) is 0 Å². The van der Waals surface area contributed by atoms with Crippen molar-refractivity contribution in [2.45, 2.75) is 0 Å². The maximum absolute atomic E-state index is 2.36. The van der Waals surface area contributed by atoms with Gasteiger partial charge < -0.3 is 4.57 Å². The fourth-order valence-corrected chi connectivity index (χ4v) is 4.08. The smallest absolute Gasteiger partial charge is 0.0555 e. The monoisotopic (exact) mass is 299 g/mol. The van der Waals surface area contributed by atoms with Gasteiger partial charge in [-0.3, -0.25) is 0 Å². The molecule has 0 aliphatic rings. The molecule has 2 heterocycles. The van der Waals surface area contributed by atoms with E-state index in [1.54, 1.807) is 11.3 Å². The lowest BCUT2D eigenvalue weighted by atomic mass is 10.1. The highest BCUT2D eigenvalue weighted by Gasteiger charge is 2.12. The molecule has 0 fully saturated rings. The highest BCUT2D eigenvalue weighted by atomic mass is 32.1. The average Bonchev–Trinajstić information content (AvgIpc) is 3.15. The number of hydrogen-bond donors (Lipinski definition) is 0. The summed E-state index contributed by atoms with van der Waals surface area (Å²) >= 11 is 1.80. The van der Waals surface area contributed by atoms with Crippen LogP contribution in [0.1, 0.15) is 0 Å². The third-order valence-corrected chi connectivity index (χ3v) is 5.14. The SMILES string of the molecule is c1ccc(-n2c3ccccc3c3cc4ccsc4cc32)cc1. The lowest BCUT2D eigenvalue weighted by Crippen LogP contribution is -1.92. The van der Waals surface area contributed by atoms with Crippen LogP contribution in [0.2, 0.25) is 0 Å². The molecule has 1 nitrogen and oxygen atoms in total. The topological polar surface area (TPSA) is 4.93 Å². The Labute approximate surface area is 132 Å². The van der Waals surface area contributed by atoms with Crippen molar-refractivity contribution in [2.24, 2.45) is 0 Å². The van der Waals surface area contributed by atoms with Crippen molar-refractivity contribution in [1.82, 2.24) is 4.57 Å². The minimum Gasteiger partial charge on any atom is -0.309 e. The second kappa shape index (κ2) is 4.46. The molecular formula is C20H13NS. The van der Waals surface area contributed by atoms with Crippen LogP contribution in [0.3, 0.4) is 0 Å². The van der Waals surface area contributed by atoms with Crippen LogP contribution in [-0.2, 0) is 0 Å². The van der Waals surface area contributed by atoms with Crippen LogP contribution in [0.5, 0.6) is 0 Å². The summed E-state index contributed by atoms with van der Waals surface area (Å²) in [6.45, 7) is 0. The van der Waals surface area contributed by atoms with Gasteiger partial charge in [-0.1, -0.05) is 36.4 Å². The first-order valence-corrected chi connectivity index (χ1v) is 8.26. The van der Waals surface area contributed by atoms with Gasteiger partial charge in [0.2, 0.25) is 0 Å². The molecule has 0 N–H and O–H groups in total. The second-order valence-electron chi connectivity index (χ2n) is 5.52. The molecule has 0 unspecified atom stereocenters. The third kappa shape index (κ3) is 1.59. The van der Waals surface area contributed by atoms with Gasteiger partial charge in [0.15, 0.2) is 0 Å². The Morgan fingerprint density at radius 2 is 1.50 bits per heavy atom. The first-order valence-electron chi connectivity index (χ1n) is 7.38. The maximum atomic E-state index is 2.36. The number of fused-ring (bicyclic) bond motifs is 4. The van der Waals surface area contributed by atoms with Gasteiger partial charge >= 0.3 is 0 Å². The average molecular weight is 299 g/mol. The Hall–Kier alpha value is -2.58. The van der Waals surface area contributed by atoms with Crippen LogP contribution >= 0.6 is 11.3 Å². The fraction of sp³-hybridized carbons (Fsp3) is 0. The summed E-state index contributed by atoms with van der Waals surface area (Å²) in [5, 5.41) is 6.13. The Balaban J connectivity index is 2.04. The zero-order valence-electron chi connectivity index (χ0n) is 11.9. The van der Waals surface area contributed by atoms with Crippen LogP contribution in [0.25, 0.3) is 37.6 Å². The van der Waals surface area contributed by atoms with Gasteiger partial charge in [-0.2, -0.15) is 0 Å². The largest absolute Gasteiger partial charge is 0.309 e. The molecule has 0 saturated carbocycles. The van der Waals surface area contributed by atoms with Crippen LogP contribution in [0, 0.1) is 0 Å². The Bertz CT molecular complexity index is 1120. The Morgan fingerprint density at radius 1 is 0.682 bits per heavy atom. The van der Waals surface area contributed by atoms with Crippen molar-refractivity contribution in [1.29, 1.82) is 0 Å². The van der Waals surface area contributed by atoms with Crippen molar-refractivity contribution in [2.75, 3.05) is 0 Å². The van der Waals surface area contributed by atoms with Gasteiger partial charge in [-0.25, -0.2) is 0 Å². The van der Waals surface area contributed by atoms with Crippen molar-refractivity contribution in [3.05, 3.63) is 78.2 Å². The zero-order chi connectivity index (χ0) is 14.5. The molecule has 0 saturated heterocycles. The molecule has 0 aliphatic carbocycles. The van der Waals surface area contributed by atoms with Gasteiger partial charge in [0.1, 0.15) is 0 Å². The van der Waals surface area contributed by atoms with Crippen molar-refractivity contribution in [3.8, 4) is 5.69 Å². The number of thiophene rings is 1. The van der Waals surface area contributed by atoms with E-state index in [4.69, 9.17) is 0 Å². The third-order valence-electron chi connectivity index (χ3n) is 4.26. The molecule has 2 aromatic heterocycles. The fourth-order valence-electron chi connectivity index (χ4n) is 3.28. The number of aromatic nitrogens is 1. The molecule has 3 aromatic carbocycles. The zero-order valence-corrected chi connectivity index (χ0v) is 12.7. The van der Waals surface area contributed by atoms with E-state index < -0.39 is 0 Å². The predicted molar refractivity (Wildman–Crippen MR) is 96.2 cm³/mol. The van der Waals surface area contributed by atoms with Crippen LogP contribution in [-0.4, -0.2) is 4.57 Å². The van der Waals surface area contributed by atoms with Crippen molar-refractivity contribution < 1.29 is 0 Å². The molecule has 104 valence electrons. The first kappa shape index (κ1) is 12.0. The van der Waals surface area contributed by atoms with Gasteiger partial charge in [0.05, 0.1) is 11.0 Å².